The van der Waals surface area contributed by atoms with Crippen molar-refractivity contribution in [3.63, 3.8) is 0 Å². The van der Waals surface area contributed by atoms with Gasteiger partial charge in [0.1, 0.15) is 15.8 Å². The van der Waals surface area contributed by atoms with Gasteiger partial charge in [0, 0.05) is 0 Å². The van der Waals surface area contributed by atoms with Crippen molar-refractivity contribution in [2.24, 2.45) is 5.10 Å². The van der Waals surface area contributed by atoms with Crippen LogP contribution in [0, 0.1) is 5.82 Å². The molecule has 138 valence electrons. The highest BCUT2D eigenvalue weighted by Crippen LogP contribution is 2.16. The number of hydrogen-bond donors (Lipinski definition) is 1. The summed E-state index contributed by atoms with van der Waals surface area (Å²) in [5, 5.41) is 5.37. The molecule has 0 saturated heterocycles. The molecule has 0 aliphatic carbocycles. The first-order valence-corrected chi connectivity index (χ1v) is 9.96. The summed E-state index contributed by atoms with van der Waals surface area (Å²) in [4.78, 5) is 14.1. The van der Waals surface area contributed by atoms with Crippen molar-refractivity contribution < 1.29 is 22.3 Å². The zero-order valence-corrected chi connectivity index (χ0v) is 15.3. The number of thiophene rings is 1. The molecular weight excluding hydrogens is 391 g/mol. The van der Waals surface area contributed by atoms with Gasteiger partial charge in [-0.25, -0.2) is 9.18 Å². The van der Waals surface area contributed by atoms with Gasteiger partial charge in [-0.2, -0.15) is 18.4 Å². The van der Waals surface area contributed by atoms with E-state index in [2.05, 4.69) is 9.93 Å². The summed E-state index contributed by atoms with van der Waals surface area (Å²) in [6.07, 6.45) is 1.33. The van der Waals surface area contributed by atoms with E-state index in [0.29, 0.717) is 11.3 Å². The molecule has 3 rings (SSSR count). The zero-order chi connectivity index (χ0) is 19.3. The van der Waals surface area contributed by atoms with Crippen molar-refractivity contribution in [2.75, 3.05) is 0 Å². The maximum Gasteiger partial charge on any atom is 0.343 e. The summed E-state index contributed by atoms with van der Waals surface area (Å²) in [7, 11) is -3.67. The molecular formula is C18H13FN2O4S2. The Morgan fingerprint density at radius 1 is 1.07 bits per heavy atom. The molecule has 0 atom stereocenters. The lowest BCUT2D eigenvalue weighted by atomic mass is 10.2. The third-order valence-corrected chi connectivity index (χ3v) is 5.94. The SMILES string of the molecule is O=C(Oc1ccc(/C=N/NS(=O)(=O)c2cccs2)cc1)c1ccc(F)cc1. The number of hydrogen-bond acceptors (Lipinski definition) is 6. The highest BCUT2D eigenvalue weighted by atomic mass is 32.2. The van der Waals surface area contributed by atoms with Crippen LogP contribution in [0.1, 0.15) is 15.9 Å². The van der Waals surface area contributed by atoms with Crippen LogP contribution in [0.15, 0.2) is 75.4 Å². The van der Waals surface area contributed by atoms with Crippen LogP contribution >= 0.6 is 11.3 Å². The molecule has 0 amide bonds. The maximum atomic E-state index is 12.9. The number of halogens is 1. The van der Waals surface area contributed by atoms with Gasteiger partial charge in [-0.1, -0.05) is 6.07 Å². The van der Waals surface area contributed by atoms with Gasteiger partial charge < -0.3 is 4.74 Å². The van der Waals surface area contributed by atoms with Crippen LogP contribution < -0.4 is 9.57 Å². The molecule has 1 N–H and O–H groups in total. The molecule has 0 aliphatic heterocycles. The predicted molar refractivity (Wildman–Crippen MR) is 100 cm³/mol. The molecule has 27 heavy (non-hydrogen) atoms. The average Bonchev–Trinajstić information content (AvgIpc) is 3.19. The Kier molecular flexibility index (Phi) is 5.63. The largest absolute Gasteiger partial charge is 0.423 e. The standard InChI is InChI=1S/C18H13FN2O4S2/c19-15-7-5-14(6-8-15)18(22)25-16-9-3-13(4-10-16)12-20-21-27(23,24)17-2-1-11-26-17/h1-12,21H/b20-12+. The van der Waals surface area contributed by atoms with Gasteiger partial charge in [0.05, 0.1) is 11.8 Å². The van der Waals surface area contributed by atoms with E-state index in [1.165, 1.54) is 48.7 Å². The third kappa shape index (κ3) is 4.99. The van der Waals surface area contributed by atoms with Gasteiger partial charge in [0.2, 0.25) is 0 Å². The molecule has 0 aliphatic rings. The van der Waals surface area contributed by atoms with Gasteiger partial charge in [0.15, 0.2) is 0 Å². The van der Waals surface area contributed by atoms with E-state index in [9.17, 15) is 17.6 Å². The molecule has 0 saturated carbocycles. The summed E-state index contributed by atoms with van der Waals surface area (Å²) < 4.78 is 42.1. The predicted octanol–water partition coefficient (Wildman–Crippen LogP) is 3.42. The van der Waals surface area contributed by atoms with Gasteiger partial charge in [-0.05, 0) is 65.5 Å². The second-order valence-electron chi connectivity index (χ2n) is 5.25. The number of carbonyl (C=O) groups excluding carboxylic acids is 1. The van der Waals surface area contributed by atoms with Crippen molar-refractivity contribution in [2.45, 2.75) is 4.21 Å². The molecule has 9 heteroatoms. The first-order chi connectivity index (χ1) is 12.9. The van der Waals surface area contributed by atoms with Crippen molar-refractivity contribution in [1.29, 1.82) is 0 Å². The monoisotopic (exact) mass is 404 g/mol. The van der Waals surface area contributed by atoms with E-state index in [0.717, 1.165) is 11.3 Å². The molecule has 0 bridgehead atoms. The Hall–Kier alpha value is -3.04. The summed E-state index contributed by atoms with van der Waals surface area (Å²) >= 11 is 1.09. The average molecular weight is 404 g/mol. The second kappa shape index (κ2) is 8.11. The summed E-state index contributed by atoms with van der Waals surface area (Å²) in [6, 6.07) is 14.4. The van der Waals surface area contributed by atoms with Crippen LogP contribution in [0.2, 0.25) is 0 Å². The Bertz CT molecular complexity index is 1050. The number of carbonyl (C=O) groups is 1. The molecule has 0 unspecified atom stereocenters. The fourth-order valence-corrected chi connectivity index (χ4v) is 3.78. The van der Waals surface area contributed by atoms with Gasteiger partial charge in [-0.3, -0.25) is 0 Å². The van der Waals surface area contributed by atoms with E-state index >= 15 is 0 Å². The second-order valence-corrected chi connectivity index (χ2v) is 8.09. The summed E-state index contributed by atoms with van der Waals surface area (Å²) in [6.45, 7) is 0. The van der Waals surface area contributed by atoms with Gasteiger partial charge >= 0.3 is 5.97 Å². The van der Waals surface area contributed by atoms with Crippen LogP contribution in [-0.4, -0.2) is 20.6 Å². The van der Waals surface area contributed by atoms with Gasteiger partial charge in [0.25, 0.3) is 10.0 Å². The van der Waals surface area contributed by atoms with Crippen molar-refractivity contribution >= 4 is 33.5 Å². The molecule has 6 nitrogen and oxygen atoms in total. The smallest absolute Gasteiger partial charge is 0.343 e. The topological polar surface area (TPSA) is 84.8 Å². The number of rotatable bonds is 6. The Balaban J connectivity index is 1.60. The van der Waals surface area contributed by atoms with Crippen molar-refractivity contribution in [3.05, 3.63) is 83.0 Å². The van der Waals surface area contributed by atoms with Crippen LogP contribution in [0.4, 0.5) is 4.39 Å². The highest BCUT2D eigenvalue weighted by molar-refractivity contribution is 7.91. The third-order valence-electron chi connectivity index (χ3n) is 3.32. The lowest BCUT2D eigenvalue weighted by Crippen LogP contribution is -2.17. The molecule has 0 spiro atoms. The normalized spacial score (nSPS) is 11.4. The minimum atomic E-state index is -3.67. The van der Waals surface area contributed by atoms with Crippen LogP contribution in [-0.2, 0) is 10.0 Å². The van der Waals surface area contributed by atoms with Crippen LogP contribution in [0.3, 0.4) is 0 Å². The quantitative estimate of drug-likeness (QED) is 0.295. The number of benzene rings is 2. The number of ether oxygens (including phenoxy) is 1. The Morgan fingerprint density at radius 3 is 2.41 bits per heavy atom. The molecule has 1 heterocycles. The maximum absolute atomic E-state index is 12.9. The molecule has 1 aromatic heterocycles. The van der Waals surface area contributed by atoms with Crippen molar-refractivity contribution in [1.82, 2.24) is 4.83 Å². The number of nitrogens with zero attached hydrogens (tertiary/aromatic N) is 1. The highest BCUT2D eigenvalue weighted by Gasteiger charge is 2.13. The fraction of sp³-hybridized carbons (Fsp3) is 0. The minimum absolute atomic E-state index is 0.169. The first-order valence-electron chi connectivity index (χ1n) is 7.60. The van der Waals surface area contributed by atoms with Gasteiger partial charge in [-0.15, -0.1) is 11.3 Å². The first kappa shape index (κ1) is 18.7. The lowest BCUT2D eigenvalue weighted by Gasteiger charge is -2.04. The number of esters is 1. The molecule has 2 aromatic carbocycles. The molecule has 3 aromatic rings. The Labute approximate surface area is 159 Å². The van der Waals surface area contributed by atoms with E-state index in [1.807, 2.05) is 0 Å². The molecule has 0 radical (unpaired) electrons. The number of hydrazone groups is 1. The zero-order valence-electron chi connectivity index (χ0n) is 13.7. The number of sulfonamides is 1. The van der Waals surface area contributed by atoms with Crippen molar-refractivity contribution in [3.8, 4) is 5.75 Å². The van der Waals surface area contributed by atoms with Crippen LogP contribution in [0.25, 0.3) is 0 Å². The number of nitrogens with one attached hydrogen (secondary N) is 1. The van der Waals surface area contributed by atoms with E-state index in [4.69, 9.17) is 4.74 Å². The van der Waals surface area contributed by atoms with Crippen LogP contribution in [0.5, 0.6) is 5.75 Å². The van der Waals surface area contributed by atoms with E-state index < -0.39 is 21.8 Å². The molecule has 0 fully saturated rings. The fourth-order valence-electron chi connectivity index (χ4n) is 2.01. The Morgan fingerprint density at radius 2 is 1.78 bits per heavy atom. The minimum Gasteiger partial charge on any atom is -0.423 e. The lowest BCUT2D eigenvalue weighted by molar-refractivity contribution is 0.0734. The van der Waals surface area contributed by atoms with E-state index in [1.54, 1.807) is 23.6 Å². The summed E-state index contributed by atoms with van der Waals surface area (Å²) in [5.74, 6) is -0.759. The summed E-state index contributed by atoms with van der Waals surface area (Å²) in [5.41, 5.74) is 0.829. The van der Waals surface area contributed by atoms with E-state index in [-0.39, 0.29) is 9.77 Å².